The maximum Gasteiger partial charge on any atom is 0.0861 e. The van der Waals surface area contributed by atoms with E-state index in [0.29, 0.717) is 5.92 Å². The summed E-state index contributed by atoms with van der Waals surface area (Å²) in [7, 11) is 0. The van der Waals surface area contributed by atoms with E-state index in [0.717, 1.165) is 12.1 Å². The molecule has 220 valence electrons. The number of aliphatic imine (C=N–C) groups is 1. The molecule has 0 aromatic heterocycles. The van der Waals surface area contributed by atoms with E-state index in [9.17, 15) is 0 Å². The zero-order chi connectivity index (χ0) is 30.6. The van der Waals surface area contributed by atoms with Crippen LogP contribution in [0.15, 0.2) is 102 Å². The maximum absolute atomic E-state index is 5.17. The van der Waals surface area contributed by atoms with Crippen LogP contribution in [0.25, 0.3) is 33.2 Å². The van der Waals surface area contributed by atoms with Crippen molar-refractivity contribution in [2.24, 2.45) is 10.9 Å². The Bertz CT molecular complexity index is 2000. The lowest BCUT2D eigenvalue weighted by Gasteiger charge is -2.37. The van der Waals surface area contributed by atoms with E-state index in [4.69, 9.17) is 4.99 Å². The highest BCUT2D eigenvalue weighted by atomic mass is 15.0. The summed E-state index contributed by atoms with van der Waals surface area (Å²) >= 11 is 0. The molecule has 2 heteroatoms. The van der Waals surface area contributed by atoms with Gasteiger partial charge in [0.15, 0.2) is 0 Å². The molecule has 4 aromatic rings. The first-order chi connectivity index (χ1) is 21.0. The first-order valence-electron chi connectivity index (χ1n) is 16.2. The smallest absolute Gasteiger partial charge is 0.0861 e. The molecule has 4 aliphatic rings. The summed E-state index contributed by atoms with van der Waals surface area (Å²) in [6.07, 6.45) is 10.1. The molecule has 4 aromatic carbocycles. The average Bonchev–Trinajstić information content (AvgIpc) is 3.25. The lowest BCUT2D eigenvalue weighted by molar-refractivity contribution is 0.455. The van der Waals surface area contributed by atoms with E-state index in [1.165, 1.54) is 60.9 Å². The van der Waals surface area contributed by atoms with Crippen LogP contribution in [-0.4, -0.2) is 12.3 Å². The standard InChI is InChI=1S/C42H42N2/c1-40(2,3)25-18-19-27-31-14-10-15-32(39(31)42(6,7)35(27)22-25)37-24-43-36(23-44-37)28-20-21-30-26-12-8-9-16-33(26)41(4,5)34-17-11-13-29(28)38(30)34/h8-14,16-24,32,37,44H,15H2,1-7H3. The largest absolute Gasteiger partial charge is 0.381 e. The third-order valence-electron chi connectivity index (χ3n) is 11.0. The summed E-state index contributed by atoms with van der Waals surface area (Å²) in [5.74, 6) is 0.352. The predicted octanol–water partition coefficient (Wildman–Crippen LogP) is 10.1. The molecule has 0 saturated carbocycles. The number of fused-ring (bicyclic) bond motifs is 4. The molecule has 2 nitrogen and oxygen atoms in total. The minimum atomic E-state index is -0.0610. The number of allylic oxidation sites excluding steroid dienone is 3. The maximum atomic E-state index is 5.17. The van der Waals surface area contributed by atoms with E-state index in [1.807, 2.05) is 0 Å². The molecule has 2 unspecified atom stereocenters. The highest BCUT2D eigenvalue weighted by molar-refractivity contribution is 6.08. The molecule has 0 radical (unpaired) electrons. The molecule has 1 heterocycles. The number of nitrogens with one attached hydrogen (secondary N) is 1. The molecular weight excluding hydrogens is 532 g/mol. The van der Waals surface area contributed by atoms with Crippen LogP contribution < -0.4 is 5.32 Å². The van der Waals surface area contributed by atoms with E-state index >= 15 is 0 Å². The van der Waals surface area contributed by atoms with Crippen molar-refractivity contribution in [3.8, 4) is 11.1 Å². The molecule has 3 aliphatic carbocycles. The Kier molecular flexibility index (Phi) is 5.71. The van der Waals surface area contributed by atoms with Gasteiger partial charge in [-0.1, -0.05) is 133 Å². The molecule has 2 atom stereocenters. The summed E-state index contributed by atoms with van der Waals surface area (Å²) in [4.78, 5) is 5.17. The Morgan fingerprint density at radius 1 is 0.750 bits per heavy atom. The average molecular weight is 575 g/mol. The highest BCUT2D eigenvalue weighted by Crippen LogP contribution is 2.54. The second-order valence-corrected chi connectivity index (χ2v) is 15.3. The number of hydrogen-bond donors (Lipinski definition) is 1. The van der Waals surface area contributed by atoms with E-state index in [2.05, 4.69) is 151 Å². The van der Waals surface area contributed by atoms with Crippen LogP contribution in [0.4, 0.5) is 0 Å². The van der Waals surface area contributed by atoms with Crippen molar-refractivity contribution in [1.29, 1.82) is 0 Å². The van der Waals surface area contributed by atoms with Crippen molar-refractivity contribution in [2.75, 3.05) is 0 Å². The minimum Gasteiger partial charge on any atom is -0.381 e. The summed E-state index contributed by atoms with van der Waals surface area (Å²) in [6, 6.07) is 27.6. The van der Waals surface area contributed by atoms with Gasteiger partial charge in [-0.2, -0.15) is 0 Å². The zero-order valence-corrected chi connectivity index (χ0v) is 27.0. The molecule has 1 aliphatic heterocycles. The van der Waals surface area contributed by atoms with Crippen LogP contribution in [0.1, 0.15) is 88.3 Å². The topological polar surface area (TPSA) is 24.4 Å². The number of nitrogens with zero attached hydrogens (tertiary/aromatic N) is 1. The molecule has 44 heavy (non-hydrogen) atoms. The quantitative estimate of drug-likeness (QED) is 0.253. The van der Waals surface area contributed by atoms with Crippen molar-refractivity contribution in [1.82, 2.24) is 5.32 Å². The van der Waals surface area contributed by atoms with Crippen LogP contribution in [0.2, 0.25) is 0 Å². The van der Waals surface area contributed by atoms with Gasteiger partial charge in [0.1, 0.15) is 0 Å². The van der Waals surface area contributed by atoms with Gasteiger partial charge in [-0.3, -0.25) is 4.99 Å². The van der Waals surface area contributed by atoms with Crippen LogP contribution in [-0.2, 0) is 16.2 Å². The van der Waals surface area contributed by atoms with Crippen molar-refractivity contribution >= 4 is 28.3 Å². The fourth-order valence-corrected chi connectivity index (χ4v) is 8.58. The van der Waals surface area contributed by atoms with Crippen molar-refractivity contribution in [3.05, 3.63) is 130 Å². The fraction of sp³-hybridized carbons (Fsp3) is 0.310. The Labute approximate surface area is 262 Å². The van der Waals surface area contributed by atoms with E-state index < -0.39 is 0 Å². The van der Waals surface area contributed by atoms with Crippen LogP contribution in [0.3, 0.4) is 0 Å². The minimum absolute atomic E-state index is 0.0276. The summed E-state index contributed by atoms with van der Waals surface area (Å²) in [6.45, 7) is 16.5. The third-order valence-corrected chi connectivity index (χ3v) is 11.0. The normalized spacial score (nSPS) is 22.3. The lowest BCUT2D eigenvalue weighted by Crippen LogP contribution is -2.40. The first kappa shape index (κ1) is 27.4. The Morgan fingerprint density at radius 3 is 2.27 bits per heavy atom. The monoisotopic (exact) mass is 574 g/mol. The number of rotatable bonds is 2. The van der Waals surface area contributed by atoms with Gasteiger partial charge in [-0.05, 0) is 72.7 Å². The third kappa shape index (κ3) is 3.76. The van der Waals surface area contributed by atoms with Gasteiger partial charge in [0.2, 0.25) is 0 Å². The second-order valence-electron chi connectivity index (χ2n) is 15.3. The number of benzene rings is 4. The van der Waals surface area contributed by atoms with Gasteiger partial charge < -0.3 is 5.32 Å². The molecule has 8 rings (SSSR count). The second kappa shape index (κ2) is 9.17. The molecule has 0 saturated heterocycles. The Balaban J connectivity index is 1.15. The van der Waals surface area contributed by atoms with Crippen LogP contribution in [0.5, 0.6) is 0 Å². The molecule has 1 N–H and O–H groups in total. The van der Waals surface area contributed by atoms with Crippen LogP contribution in [0, 0.1) is 5.92 Å². The first-order valence-corrected chi connectivity index (χ1v) is 16.2. The summed E-state index contributed by atoms with van der Waals surface area (Å²) in [5, 5.41) is 6.46. The van der Waals surface area contributed by atoms with Gasteiger partial charge in [0.25, 0.3) is 0 Å². The molecule has 0 spiro atoms. The van der Waals surface area contributed by atoms with E-state index in [-0.39, 0.29) is 22.3 Å². The van der Waals surface area contributed by atoms with Gasteiger partial charge in [0.05, 0.1) is 11.7 Å². The predicted molar refractivity (Wildman–Crippen MR) is 187 cm³/mol. The lowest BCUT2D eigenvalue weighted by atomic mass is 9.68. The fourth-order valence-electron chi connectivity index (χ4n) is 8.58. The zero-order valence-electron chi connectivity index (χ0n) is 27.0. The molecule has 0 fully saturated rings. The Morgan fingerprint density at radius 2 is 1.50 bits per heavy atom. The van der Waals surface area contributed by atoms with Gasteiger partial charge in [0, 0.05) is 34.7 Å². The highest BCUT2D eigenvalue weighted by Gasteiger charge is 2.44. The molecule has 0 amide bonds. The molecule has 0 bridgehead atoms. The van der Waals surface area contributed by atoms with Crippen molar-refractivity contribution in [2.45, 2.75) is 77.2 Å². The molecular formula is C42H42N2. The van der Waals surface area contributed by atoms with Crippen LogP contribution >= 0.6 is 0 Å². The number of hydrogen-bond acceptors (Lipinski definition) is 2. The van der Waals surface area contributed by atoms with Gasteiger partial charge in [-0.25, -0.2) is 0 Å². The SMILES string of the molecule is CC(C)(C)c1ccc2c(c1)C(C)(C)C1=C2C=CCC1C1C=NC(c2ccc3c4c(cccc24)C(C)(C)c2ccccc2-3)=CN1. The summed E-state index contributed by atoms with van der Waals surface area (Å²) in [5.41, 5.74) is 14.9. The van der Waals surface area contributed by atoms with Gasteiger partial charge >= 0.3 is 0 Å². The summed E-state index contributed by atoms with van der Waals surface area (Å²) < 4.78 is 0. The van der Waals surface area contributed by atoms with Crippen molar-refractivity contribution < 1.29 is 0 Å². The van der Waals surface area contributed by atoms with Crippen molar-refractivity contribution in [3.63, 3.8) is 0 Å². The Hall–Kier alpha value is -4.17. The van der Waals surface area contributed by atoms with Gasteiger partial charge in [-0.15, -0.1) is 0 Å². The van der Waals surface area contributed by atoms with E-state index in [1.54, 1.807) is 5.57 Å².